The molecule has 13 heteroatoms. The van der Waals surface area contributed by atoms with Gasteiger partial charge in [0.2, 0.25) is 5.88 Å². The molecule has 2 aliphatic rings. The van der Waals surface area contributed by atoms with Crippen molar-refractivity contribution in [2.24, 2.45) is 7.05 Å². The molecule has 0 spiro atoms. The quantitative estimate of drug-likeness (QED) is 0.216. The molecular weight excluding hydrogens is 645 g/mol. The van der Waals surface area contributed by atoms with Gasteiger partial charge in [0.15, 0.2) is 0 Å². The monoisotopic (exact) mass is 679 g/mol. The number of carbonyl (C=O) groups excluding carboxylic acids is 1. The van der Waals surface area contributed by atoms with Crippen LogP contribution in [0, 0.1) is 0 Å². The third-order valence-electron chi connectivity index (χ3n) is 8.70. The van der Waals surface area contributed by atoms with Crippen LogP contribution in [-0.4, -0.2) is 57.0 Å². The van der Waals surface area contributed by atoms with Gasteiger partial charge < -0.3 is 29.8 Å². The number of aliphatic hydroxyl groups is 1. The average Bonchev–Trinajstić information content (AvgIpc) is 3.33. The largest absolute Gasteiger partial charge is 0.481 e. The fourth-order valence-electron chi connectivity index (χ4n) is 6.42. The highest BCUT2D eigenvalue weighted by molar-refractivity contribution is 6.39. The SMILES string of the molecule is COc1nc(-c2cccc(-c3cccc(NC(=O)c4cn(C)c(=O)[nH]c4=O)c3Cl)c2Cl)cc2c1C(NC1CCOC(C)(C)C1)C(O)C2. The zero-order valence-corrected chi connectivity index (χ0v) is 27.8. The minimum absolute atomic E-state index is 0.173. The third kappa shape index (κ3) is 6.46. The number of ether oxygens (including phenoxy) is 2. The van der Waals surface area contributed by atoms with Crippen LogP contribution in [0.3, 0.4) is 0 Å². The van der Waals surface area contributed by atoms with E-state index in [0.29, 0.717) is 46.3 Å². The lowest BCUT2D eigenvalue weighted by Gasteiger charge is -2.37. The van der Waals surface area contributed by atoms with Gasteiger partial charge in [-0.2, -0.15) is 0 Å². The Morgan fingerprint density at radius 2 is 1.83 bits per heavy atom. The summed E-state index contributed by atoms with van der Waals surface area (Å²) in [7, 11) is 2.99. The van der Waals surface area contributed by atoms with E-state index in [0.717, 1.165) is 34.7 Å². The lowest BCUT2D eigenvalue weighted by Crippen LogP contribution is -2.46. The summed E-state index contributed by atoms with van der Waals surface area (Å²) in [6.45, 7) is 4.80. The Morgan fingerprint density at radius 1 is 1.13 bits per heavy atom. The maximum Gasteiger partial charge on any atom is 0.328 e. The number of aliphatic hydroxyl groups excluding tert-OH is 1. The summed E-state index contributed by atoms with van der Waals surface area (Å²) < 4.78 is 12.8. The molecule has 4 N–H and O–H groups in total. The number of hydrogen-bond donors (Lipinski definition) is 4. The molecule has 246 valence electrons. The minimum atomic E-state index is -0.812. The molecule has 47 heavy (non-hydrogen) atoms. The fraction of sp³-hybridized carbons (Fsp3) is 0.353. The molecule has 6 rings (SSSR count). The Bertz CT molecular complexity index is 1990. The molecule has 4 aromatic rings. The Balaban J connectivity index is 1.32. The molecule has 1 aliphatic carbocycles. The second-order valence-corrected chi connectivity index (χ2v) is 13.3. The van der Waals surface area contributed by atoms with Gasteiger partial charge in [-0.3, -0.25) is 14.6 Å². The number of aryl methyl sites for hydroxylation is 1. The lowest BCUT2D eigenvalue weighted by atomic mass is 9.92. The number of rotatable bonds is 7. The standard InChI is InChI=1S/C34H35Cl2N5O6/c1-34(2)15-18(11-12-47-34)37-29-25(42)14-17-13-24(39-32(46-4)26(17)29)21-9-5-7-19(27(21)35)20-8-6-10-23(28(20)36)38-30(43)22-16-41(3)33(45)40-31(22)44/h5-10,13,16,18,25,29,37,42H,11-12,14-15H2,1-4H3,(H,38,43)(H,40,44,45). The smallest absolute Gasteiger partial charge is 0.328 e. The molecule has 11 nitrogen and oxygen atoms in total. The van der Waals surface area contributed by atoms with Gasteiger partial charge in [0.25, 0.3) is 11.5 Å². The van der Waals surface area contributed by atoms with E-state index in [-0.39, 0.29) is 34.0 Å². The predicted molar refractivity (Wildman–Crippen MR) is 181 cm³/mol. The van der Waals surface area contributed by atoms with Gasteiger partial charge in [0.05, 0.1) is 46.3 Å². The Hall–Kier alpha value is -4.00. The number of halogens is 2. The number of H-pyrrole nitrogens is 1. The second-order valence-electron chi connectivity index (χ2n) is 12.5. The molecular formula is C34H35Cl2N5O6. The summed E-state index contributed by atoms with van der Waals surface area (Å²) >= 11 is 13.8. The number of methoxy groups -OCH3 is 1. The highest BCUT2D eigenvalue weighted by Crippen LogP contribution is 2.44. The number of pyridine rings is 1. The Labute approximate surface area is 280 Å². The molecule has 3 atom stereocenters. The van der Waals surface area contributed by atoms with Gasteiger partial charge in [-0.05, 0) is 44.4 Å². The van der Waals surface area contributed by atoms with E-state index in [9.17, 15) is 19.5 Å². The van der Waals surface area contributed by atoms with Gasteiger partial charge in [-0.1, -0.05) is 53.5 Å². The van der Waals surface area contributed by atoms with E-state index < -0.39 is 23.3 Å². The average molecular weight is 681 g/mol. The van der Waals surface area contributed by atoms with Crippen molar-refractivity contribution >= 4 is 34.8 Å². The zero-order valence-electron chi connectivity index (χ0n) is 26.3. The number of nitrogens with zero attached hydrogens (tertiary/aromatic N) is 2. The maximum atomic E-state index is 13.0. The highest BCUT2D eigenvalue weighted by atomic mass is 35.5. The van der Waals surface area contributed by atoms with E-state index in [1.165, 1.54) is 7.05 Å². The molecule has 1 fully saturated rings. The van der Waals surface area contributed by atoms with Gasteiger partial charge in [0, 0.05) is 54.6 Å². The summed E-state index contributed by atoms with van der Waals surface area (Å²) in [5, 5.41) is 18.0. The summed E-state index contributed by atoms with van der Waals surface area (Å²) in [5.41, 5.74) is 2.40. The van der Waals surface area contributed by atoms with Gasteiger partial charge >= 0.3 is 5.69 Å². The van der Waals surface area contributed by atoms with Crippen molar-refractivity contribution in [1.82, 2.24) is 19.9 Å². The minimum Gasteiger partial charge on any atom is -0.481 e. The molecule has 0 saturated carbocycles. The first kappa shape index (κ1) is 32.9. The number of carbonyl (C=O) groups is 1. The third-order valence-corrected chi connectivity index (χ3v) is 9.52. The van der Waals surface area contributed by atoms with E-state index in [1.807, 2.05) is 18.2 Å². The predicted octanol–water partition coefficient (Wildman–Crippen LogP) is 4.88. The summed E-state index contributed by atoms with van der Waals surface area (Å²) in [4.78, 5) is 43.9. The first-order valence-electron chi connectivity index (χ1n) is 15.2. The van der Waals surface area contributed by atoms with Crippen LogP contribution >= 0.6 is 23.2 Å². The fourth-order valence-corrected chi connectivity index (χ4v) is 7.02. The molecule has 1 saturated heterocycles. The van der Waals surface area contributed by atoms with Crippen LogP contribution < -0.4 is 26.6 Å². The number of fused-ring (bicyclic) bond motifs is 1. The van der Waals surface area contributed by atoms with Crippen LogP contribution in [0.15, 0.2) is 58.3 Å². The normalized spacial score (nSPS) is 20.1. The van der Waals surface area contributed by atoms with Crippen molar-refractivity contribution in [3.63, 3.8) is 0 Å². The van der Waals surface area contributed by atoms with Crippen molar-refractivity contribution in [3.05, 3.63) is 96.2 Å². The first-order valence-corrected chi connectivity index (χ1v) is 16.0. The second kappa shape index (κ2) is 12.9. The number of nitrogens with one attached hydrogen (secondary N) is 3. The number of anilines is 1. The van der Waals surface area contributed by atoms with E-state index in [2.05, 4.69) is 29.5 Å². The number of amides is 1. The Kier molecular flexibility index (Phi) is 9.03. The van der Waals surface area contributed by atoms with Crippen molar-refractivity contribution < 1.29 is 19.4 Å². The number of aromatic nitrogens is 3. The van der Waals surface area contributed by atoms with Crippen LogP contribution in [0.1, 0.15) is 54.2 Å². The van der Waals surface area contributed by atoms with E-state index in [1.54, 1.807) is 31.4 Å². The molecule has 2 aromatic heterocycles. The van der Waals surface area contributed by atoms with Gasteiger partial charge in [-0.15, -0.1) is 0 Å². The van der Waals surface area contributed by atoms with Crippen molar-refractivity contribution in [2.75, 3.05) is 19.0 Å². The van der Waals surface area contributed by atoms with Crippen molar-refractivity contribution in [1.29, 1.82) is 0 Å². The molecule has 2 aromatic carbocycles. The number of hydrogen-bond acceptors (Lipinski definition) is 8. The molecule has 3 heterocycles. The first-order chi connectivity index (χ1) is 22.4. The molecule has 3 unspecified atom stereocenters. The van der Waals surface area contributed by atoms with Crippen LogP contribution in [0.5, 0.6) is 5.88 Å². The van der Waals surface area contributed by atoms with Gasteiger partial charge in [-0.25, -0.2) is 9.78 Å². The van der Waals surface area contributed by atoms with E-state index in [4.69, 9.17) is 37.7 Å². The zero-order chi connectivity index (χ0) is 33.6. The number of aromatic amines is 1. The molecule has 1 aliphatic heterocycles. The molecule has 0 bridgehead atoms. The summed E-state index contributed by atoms with van der Waals surface area (Å²) in [5.74, 6) is -0.318. The van der Waals surface area contributed by atoms with Crippen LogP contribution in [0.4, 0.5) is 5.69 Å². The van der Waals surface area contributed by atoms with Crippen molar-refractivity contribution in [3.8, 4) is 28.3 Å². The molecule has 0 radical (unpaired) electrons. The highest BCUT2D eigenvalue weighted by Gasteiger charge is 2.39. The van der Waals surface area contributed by atoms with Crippen LogP contribution in [0.2, 0.25) is 10.0 Å². The topological polar surface area (TPSA) is 148 Å². The van der Waals surface area contributed by atoms with E-state index >= 15 is 0 Å². The van der Waals surface area contributed by atoms with Crippen LogP contribution in [0.25, 0.3) is 22.4 Å². The maximum absolute atomic E-state index is 13.0. The summed E-state index contributed by atoms with van der Waals surface area (Å²) in [6.07, 6.45) is 2.60. The van der Waals surface area contributed by atoms with Gasteiger partial charge in [0.1, 0.15) is 5.56 Å². The number of benzene rings is 2. The lowest BCUT2D eigenvalue weighted by molar-refractivity contribution is -0.0660. The van der Waals surface area contributed by atoms with Crippen molar-refractivity contribution in [2.45, 2.75) is 56.9 Å². The Morgan fingerprint density at radius 3 is 2.55 bits per heavy atom. The van der Waals surface area contributed by atoms with Crippen LogP contribution in [-0.2, 0) is 18.2 Å². The molecule has 1 amide bonds. The summed E-state index contributed by atoms with van der Waals surface area (Å²) in [6, 6.07) is 12.3.